The Morgan fingerprint density at radius 2 is 1.85 bits per heavy atom. The quantitative estimate of drug-likeness (QED) is 0.340. The SMILES string of the molecule is C=CCNC(=O)/C(C#N)=C/c1ccc(OC(F)(F)[C@@H](F)C(F)(F)F)cc1. The smallest absolute Gasteiger partial charge is 0.430 e. The molecule has 1 atom stereocenters. The molecule has 0 saturated heterocycles. The molecule has 4 nitrogen and oxygen atoms in total. The number of carbonyl (C=O) groups excluding carboxylic acids is 1. The van der Waals surface area contributed by atoms with Gasteiger partial charge in [0.05, 0.1) is 0 Å². The third kappa shape index (κ3) is 5.84. The van der Waals surface area contributed by atoms with Crippen LogP contribution in [-0.4, -0.2) is 30.9 Å². The Hall–Kier alpha value is -2.96. The molecule has 0 aliphatic carbocycles. The van der Waals surface area contributed by atoms with Crippen LogP contribution < -0.4 is 10.1 Å². The number of amides is 1. The fourth-order valence-electron chi connectivity index (χ4n) is 1.61. The highest BCUT2D eigenvalue weighted by molar-refractivity contribution is 6.01. The Labute approximate surface area is 144 Å². The summed E-state index contributed by atoms with van der Waals surface area (Å²) in [6, 6.07) is 5.53. The molecule has 0 fully saturated rings. The van der Waals surface area contributed by atoms with Crippen molar-refractivity contribution in [3.05, 3.63) is 48.1 Å². The van der Waals surface area contributed by atoms with Crippen molar-refractivity contribution in [3.8, 4) is 11.8 Å². The van der Waals surface area contributed by atoms with Gasteiger partial charge in [0.1, 0.15) is 17.4 Å². The first-order valence-corrected chi connectivity index (χ1v) is 6.90. The molecular weight excluding hydrogens is 366 g/mol. The van der Waals surface area contributed by atoms with E-state index in [2.05, 4.69) is 16.6 Å². The molecule has 0 aliphatic rings. The molecule has 0 aromatic heterocycles. The number of nitriles is 1. The molecule has 26 heavy (non-hydrogen) atoms. The third-order valence-corrected chi connectivity index (χ3v) is 2.80. The largest absolute Gasteiger partial charge is 0.439 e. The van der Waals surface area contributed by atoms with Crippen LogP contribution in [0.4, 0.5) is 26.3 Å². The van der Waals surface area contributed by atoms with E-state index in [1.54, 1.807) is 6.07 Å². The Morgan fingerprint density at radius 3 is 2.31 bits per heavy atom. The summed E-state index contributed by atoms with van der Waals surface area (Å²) in [6.07, 6.45) is -12.9. The van der Waals surface area contributed by atoms with Gasteiger partial charge < -0.3 is 10.1 Å². The molecule has 1 rings (SSSR count). The lowest BCUT2D eigenvalue weighted by Gasteiger charge is -2.23. The first kappa shape index (κ1) is 21.1. The van der Waals surface area contributed by atoms with Gasteiger partial charge in [-0.05, 0) is 23.8 Å². The number of rotatable bonds is 7. The summed E-state index contributed by atoms with van der Waals surface area (Å²) in [4.78, 5) is 11.6. The van der Waals surface area contributed by atoms with Gasteiger partial charge >= 0.3 is 12.3 Å². The fourth-order valence-corrected chi connectivity index (χ4v) is 1.61. The molecule has 0 radical (unpaired) electrons. The molecule has 0 unspecified atom stereocenters. The van der Waals surface area contributed by atoms with Gasteiger partial charge in [0.2, 0.25) is 0 Å². The molecule has 0 heterocycles. The fraction of sp³-hybridized carbons (Fsp3) is 0.250. The number of halogens is 6. The van der Waals surface area contributed by atoms with E-state index in [9.17, 15) is 31.1 Å². The summed E-state index contributed by atoms with van der Waals surface area (Å²) in [5.41, 5.74) is -0.0923. The molecule has 1 N–H and O–H groups in total. The number of nitrogens with zero attached hydrogens (tertiary/aromatic N) is 1. The van der Waals surface area contributed by atoms with Crippen molar-refractivity contribution in [2.24, 2.45) is 0 Å². The van der Waals surface area contributed by atoms with E-state index >= 15 is 0 Å². The van der Waals surface area contributed by atoms with Crippen LogP contribution in [-0.2, 0) is 4.79 Å². The minimum Gasteiger partial charge on any atom is -0.430 e. The van der Waals surface area contributed by atoms with Gasteiger partial charge in [0.25, 0.3) is 12.1 Å². The van der Waals surface area contributed by atoms with E-state index in [4.69, 9.17) is 5.26 Å². The van der Waals surface area contributed by atoms with Gasteiger partial charge in [-0.2, -0.15) is 27.2 Å². The third-order valence-electron chi connectivity index (χ3n) is 2.80. The highest BCUT2D eigenvalue weighted by Crippen LogP contribution is 2.36. The van der Waals surface area contributed by atoms with Gasteiger partial charge in [-0.1, -0.05) is 18.2 Å². The van der Waals surface area contributed by atoms with E-state index in [-0.39, 0.29) is 17.7 Å². The monoisotopic (exact) mass is 378 g/mol. The average Bonchev–Trinajstić information content (AvgIpc) is 2.57. The summed E-state index contributed by atoms with van der Waals surface area (Å²) in [5.74, 6) is -1.43. The number of ether oxygens (including phenoxy) is 1. The van der Waals surface area contributed by atoms with Gasteiger partial charge in [-0.25, -0.2) is 4.39 Å². The lowest BCUT2D eigenvalue weighted by Crippen LogP contribution is -2.45. The molecule has 1 amide bonds. The van der Waals surface area contributed by atoms with Gasteiger partial charge in [-0.15, -0.1) is 6.58 Å². The zero-order valence-electron chi connectivity index (χ0n) is 13.0. The van der Waals surface area contributed by atoms with Gasteiger partial charge in [0, 0.05) is 6.54 Å². The maximum Gasteiger partial charge on any atom is 0.439 e. The molecule has 0 spiro atoms. The minimum atomic E-state index is -5.79. The number of hydrogen-bond donors (Lipinski definition) is 1. The second-order valence-corrected chi connectivity index (χ2v) is 4.81. The number of alkyl halides is 6. The van der Waals surface area contributed by atoms with Crippen molar-refractivity contribution < 1.29 is 35.9 Å². The van der Waals surface area contributed by atoms with Crippen molar-refractivity contribution >= 4 is 12.0 Å². The molecule has 1 aromatic rings. The second-order valence-electron chi connectivity index (χ2n) is 4.81. The molecular formula is C16H12F6N2O2. The molecule has 10 heteroatoms. The molecule has 0 saturated carbocycles. The van der Waals surface area contributed by atoms with Crippen LogP contribution in [0.2, 0.25) is 0 Å². The van der Waals surface area contributed by atoms with E-state index in [0.29, 0.717) is 0 Å². The first-order chi connectivity index (χ1) is 12.0. The van der Waals surface area contributed by atoms with Crippen LogP contribution in [0.25, 0.3) is 6.08 Å². The topological polar surface area (TPSA) is 62.1 Å². The zero-order chi connectivity index (χ0) is 20.0. The van der Waals surface area contributed by atoms with E-state index < -0.39 is 30.1 Å². The van der Waals surface area contributed by atoms with Crippen LogP contribution in [0.5, 0.6) is 5.75 Å². The average molecular weight is 378 g/mol. The molecule has 140 valence electrons. The van der Waals surface area contributed by atoms with Gasteiger partial charge in [0.15, 0.2) is 0 Å². The number of nitrogens with one attached hydrogen (secondary N) is 1. The predicted molar refractivity (Wildman–Crippen MR) is 79.8 cm³/mol. The van der Waals surface area contributed by atoms with Crippen molar-refractivity contribution in [2.45, 2.75) is 18.5 Å². The second kappa shape index (κ2) is 8.42. The Bertz CT molecular complexity index is 720. The molecule has 0 bridgehead atoms. The van der Waals surface area contributed by atoms with Crippen LogP contribution in [0.3, 0.4) is 0 Å². The van der Waals surface area contributed by atoms with Crippen molar-refractivity contribution in [1.29, 1.82) is 5.26 Å². The highest BCUT2D eigenvalue weighted by Gasteiger charge is 2.59. The maximum atomic E-state index is 13.2. The summed E-state index contributed by atoms with van der Waals surface area (Å²) >= 11 is 0. The van der Waals surface area contributed by atoms with Crippen LogP contribution >= 0.6 is 0 Å². The molecule has 1 aromatic carbocycles. The Morgan fingerprint density at radius 1 is 1.27 bits per heavy atom. The molecule has 0 aliphatic heterocycles. The van der Waals surface area contributed by atoms with Crippen molar-refractivity contribution in [1.82, 2.24) is 5.32 Å². The summed E-state index contributed by atoms with van der Waals surface area (Å²) in [5, 5.41) is 11.3. The Balaban J connectivity index is 2.92. The first-order valence-electron chi connectivity index (χ1n) is 6.90. The lowest BCUT2D eigenvalue weighted by molar-refractivity contribution is -0.304. The summed E-state index contributed by atoms with van der Waals surface area (Å²) in [6.45, 7) is 3.49. The van der Waals surface area contributed by atoms with E-state index in [0.717, 1.165) is 30.3 Å². The zero-order valence-corrected chi connectivity index (χ0v) is 13.0. The van der Waals surface area contributed by atoms with Gasteiger partial charge in [-0.3, -0.25) is 4.79 Å². The van der Waals surface area contributed by atoms with Crippen LogP contribution in [0.15, 0.2) is 42.5 Å². The highest BCUT2D eigenvalue weighted by atomic mass is 19.4. The predicted octanol–water partition coefficient (Wildman–Crippen LogP) is 3.77. The summed E-state index contributed by atoms with van der Waals surface area (Å²) < 4.78 is 79.0. The van der Waals surface area contributed by atoms with Crippen LogP contribution in [0, 0.1) is 11.3 Å². The lowest BCUT2D eigenvalue weighted by atomic mass is 10.1. The normalized spacial score (nSPS) is 13.5. The number of benzene rings is 1. The number of hydrogen-bond acceptors (Lipinski definition) is 3. The van der Waals surface area contributed by atoms with E-state index in [1.807, 2.05) is 0 Å². The standard InChI is InChI=1S/C16H12F6N2O2/c1-2-7-24-13(25)11(9-23)8-10-3-5-12(6-4-10)26-16(21,22)14(17)15(18,19)20/h2-6,8,14H,1,7H2,(H,24,25)/b11-8+/t14-/m0/s1. The maximum absolute atomic E-state index is 13.2. The number of carbonyl (C=O) groups is 1. The summed E-state index contributed by atoms with van der Waals surface area (Å²) in [7, 11) is 0. The minimum absolute atomic E-state index is 0.114. The van der Waals surface area contributed by atoms with Crippen molar-refractivity contribution in [2.75, 3.05) is 6.54 Å². The Kier molecular flexibility index (Phi) is 6.83. The van der Waals surface area contributed by atoms with Crippen LogP contribution in [0.1, 0.15) is 5.56 Å². The van der Waals surface area contributed by atoms with Crippen molar-refractivity contribution in [3.63, 3.8) is 0 Å². The van der Waals surface area contributed by atoms with E-state index in [1.165, 1.54) is 6.08 Å².